The third kappa shape index (κ3) is 3.45. The number of benzene rings is 2. The Morgan fingerprint density at radius 2 is 1.60 bits per heavy atom. The van der Waals surface area contributed by atoms with Crippen LogP contribution in [0.25, 0.3) is 11.1 Å². The fourth-order valence-corrected chi connectivity index (χ4v) is 2.06. The van der Waals surface area contributed by atoms with Crippen molar-refractivity contribution in [2.45, 2.75) is 19.4 Å². The summed E-state index contributed by atoms with van der Waals surface area (Å²) in [5, 5.41) is 0. The maximum Gasteiger partial charge on any atom is 0.228 e. The predicted molar refractivity (Wildman–Crippen MR) is 83.6 cm³/mol. The first-order chi connectivity index (χ1) is 9.58. The van der Waals surface area contributed by atoms with E-state index in [9.17, 15) is 4.79 Å². The van der Waals surface area contributed by atoms with Crippen LogP contribution in [0.15, 0.2) is 54.6 Å². The van der Waals surface area contributed by atoms with E-state index < -0.39 is 0 Å². The third-order valence-corrected chi connectivity index (χ3v) is 3.23. The van der Waals surface area contributed by atoms with Gasteiger partial charge >= 0.3 is 0 Å². The van der Waals surface area contributed by atoms with Crippen LogP contribution in [0.3, 0.4) is 0 Å². The highest BCUT2D eigenvalue weighted by Gasteiger charge is 2.12. The molecule has 2 aromatic carbocycles. The quantitative estimate of drug-likeness (QED) is 0.926. The molecule has 0 aliphatic rings. The summed E-state index contributed by atoms with van der Waals surface area (Å²) in [6.07, 6.45) is 0.358. The number of carbonyl (C=O) groups is 1. The number of rotatable bonds is 4. The molecular formula is C17H20N2O. The van der Waals surface area contributed by atoms with Gasteiger partial charge < -0.3 is 10.6 Å². The average Bonchev–Trinajstić information content (AvgIpc) is 2.47. The zero-order valence-electron chi connectivity index (χ0n) is 11.9. The van der Waals surface area contributed by atoms with Crippen LogP contribution in [0, 0.1) is 0 Å². The molecule has 1 unspecified atom stereocenters. The Labute approximate surface area is 120 Å². The first kappa shape index (κ1) is 14.3. The number of anilines is 1. The lowest BCUT2D eigenvalue weighted by molar-refractivity contribution is -0.118. The molecule has 0 spiro atoms. The van der Waals surface area contributed by atoms with Gasteiger partial charge in [-0.25, -0.2) is 0 Å². The number of hydrogen-bond donors (Lipinski definition) is 1. The molecule has 0 bridgehead atoms. The van der Waals surface area contributed by atoms with Crippen molar-refractivity contribution >= 4 is 11.6 Å². The van der Waals surface area contributed by atoms with Gasteiger partial charge in [0.1, 0.15) is 0 Å². The van der Waals surface area contributed by atoms with E-state index in [4.69, 9.17) is 5.73 Å². The standard InChI is InChI=1S/C17H20N2O/c1-13(18)12-17(20)19(2)16-10-8-15(9-11-16)14-6-4-3-5-7-14/h3-11,13H,12,18H2,1-2H3. The molecule has 3 heteroatoms. The largest absolute Gasteiger partial charge is 0.327 e. The lowest BCUT2D eigenvalue weighted by Gasteiger charge is -2.18. The van der Waals surface area contributed by atoms with Gasteiger partial charge in [-0.2, -0.15) is 0 Å². The fourth-order valence-electron chi connectivity index (χ4n) is 2.06. The minimum Gasteiger partial charge on any atom is -0.327 e. The van der Waals surface area contributed by atoms with E-state index in [0.29, 0.717) is 6.42 Å². The Morgan fingerprint density at radius 3 is 2.15 bits per heavy atom. The van der Waals surface area contributed by atoms with Crippen molar-refractivity contribution in [1.82, 2.24) is 0 Å². The molecule has 0 aromatic heterocycles. The predicted octanol–water partition coefficient (Wildman–Crippen LogP) is 3.05. The van der Waals surface area contributed by atoms with Crippen LogP contribution in [-0.2, 0) is 4.79 Å². The summed E-state index contributed by atoms with van der Waals surface area (Å²) in [5.74, 6) is 0.0347. The van der Waals surface area contributed by atoms with E-state index in [-0.39, 0.29) is 11.9 Å². The maximum absolute atomic E-state index is 12.0. The van der Waals surface area contributed by atoms with Gasteiger partial charge in [-0.1, -0.05) is 42.5 Å². The molecule has 0 saturated heterocycles. The first-order valence-corrected chi connectivity index (χ1v) is 6.75. The highest BCUT2D eigenvalue weighted by Crippen LogP contribution is 2.22. The van der Waals surface area contributed by atoms with E-state index in [1.807, 2.05) is 49.4 Å². The van der Waals surface area contributed by atoms with Crippen molar-refractivity contribution in [1.29, 1.82) is 0 Å². The molecule has 1 atom stereocenters. The summed E-state index contributed by atoms with van der Waals surface area (Å²) < 4.78 is 0. The highest BCUT2D eigenvalue weighted by molar-refractivity contribution is 5.93. The van der Waals surface area contributed by atoms with Crippen LogP contribution < -0.4 is 10.6 Å². The molecule has 2 N–H and O–H groups in total. The molecule has 3 nitrogen and oxygen atoms in total. The Morgan fingerprint density at radius 1 is 1.05 bits per heavy atom. The van der Waals surface area contributed by atoms with Crippen LogP contribution in [0.2, 0.25) is 0 Å². The molecule has 20 heavy (non-hydrogen) atoms. The molecule has 0 aliphatic carbocycles. The molecule has 104 valence electrons. The Bertz CT molecular complexity index is 561. The molecule has 2 rings (SSSR count). The average molecular weight is 268 g/mol. The monoisotopic (exact) mass is 268 g/mol. The van der Waals surface area contributed by atoms with Gasteiger partial charge in [0.25, 0.3) is 0 Å². The molecule has 0 aliphatic heterocycles. The molecule has 0 heterocycles. The normalized spacial score (nSPS) is 11.9. The van der Waals surface area contributed by atoms with Gasteiger partial charge in [0.15, 0.2) is 0 Å². The minimum atomic E-state index is -0.117. The summed E-state index contributed by atoms with van der Waals surface area (Å²) in [5.41, 5.74) is 8.86. The van der Waals surface area contributed by atoms with Crippen LogP contribution in [0.5, 0.6) is 0 Å². The van der Waals surface area contributed by atoms with Crippen molar-refractivity contribution in [3.63, 3.8) is 0 Å². The van der Waals surface area contributed by atoms with E-state index in [1.165, 1.54) is 5.56 Å². The third-order valence-electron chi connectivity index (χ3n) is 3.23. The van der Waals surface area contributed by atoms with Crippen molar-refractivity contribution in [3.8, 4) is 11.1 Å². The number of nitrogens with zero attached hydrogens (tertiary/aromatic N) is 1. The van der Waals surface area contributed by atoms with Crippen molar-refractivity contribution < 1.29 is 4.79 Å². The number of nitrogens with two attached hydrogens (primary N) is 1. The number of amides is 1. The van der Waals surface area contributed by atoms with E-state index in [2.05, 4.69) is 12.1 Å². The first-order valence-electron chi connectivity index (χ1n) is 6.75. The van der Waals surface area contributed by atoms with Crippen LogP contribution >= 0.6 is 0 Å². The second kappa shape index (κ2) is 6.35. The van der Waals surface area contributed by atoms with E-state index in [0.717, 1.165) is 11.3 Å². The summed E-state index contributed by atoms with van der Waals surface area (Å²) >= 11 is 0. The Kier molecular flexibility index (Phi) is 4.53. The maximum atomic E-state index is 12.0. The summed E-state index contributed by atoms with van der Waals surface area (Å²) in [6.45, 7) is 1.84. The van der Waals surface area contributed by atoms with Crippen LogP contribution in [0.1, 0.15) is 13.3 Å². The summed E-state index contributed by atoms with van der Waals surface area (Å²) in [7, 11) is 1.78. The Balaban J connectivity index is 2.14. The van der Waals surface area contributed by atoms with Crippen LogP contribution in [-0.4, -0.2) is 19.0 Å². The minimum absolute atomic E-state index is 0.0347. The lowest BCUT2D eigenvalue weighted by atomic mass is 10.1. The van der Waals surface area contributed by atoms with Gasteiger partial charge in [0.05, 0.1) is 0 Å². The topological polar surface area (TPSA) is 46.3 Å². The lowest BCUT2D eigenvalue weighted by Crippen LogP contribution is -2.31. The van der Waals surface area contributed by atoms with Gasteiger partial charge in [0.2, 0.25) is 5.91 Å². The molecule has 0 fully saturated rings. The SMILES string of the molecule is CC(N)CC(=O)N(C)c1ccc(-c2ccccc2)cc1. The van der Waals surface area contributed by atoms with Crippen LogP contribution in [0.4, 0.5) is 5.69 Å². The second-order valence-corrected chi connectivity index (χ2v) is 5.05. The van der Waals surface area contributed by atoms with Crippen molar-refractivity contribution in [2.75, 3.05) is 11.9 Å². The molecular weight excluding hydrogens is 248 g/mol. The van der Waals surface area contributed by atoms with Gasteiger partial charge in [-0.05, 0) is 30.2 Å². The molecule has 1 amide bonds. The van der Waals surface area contributed by atoms with Gasteiger partial charge in [-0.15, -0.1) is 0 Å². The second-order valence-electron chi connectivity index (χ2n) is 5.05. The van der Waals surface area contributed by atoms with Gasteiger partial charge in [-0.3, -0.25) is 4.79 Å². The molecule has 0 radical (unpaired) electrons. The summed E-state index contributed by atoms with van der Waals surface area (Å²) in [4.78, 5) is 13.6. The smallest absolute Gasteiger partial charge is 0.228 e. The molecule has 0 saturated carbocycles. The van der Waals surface area contributed by atoms with Crippen molar-refractivity contribution in [3.05, 3.63) is 54.6 Å². The van der Waals surface area contributed by atoms with Crippen molar-refractivity contribution in [2.24, 2.45) is 5.73 Å². The van der Waals surface area contributed by atoms with E-state index >= 15 is 0 Å². The zero-order valence-corrected chi connectivity index (χ0v) is 11.9. The van der Waals surface area contributed by atoms with E-state index in [1.54, 1.807) is 11.9 Å². The molecule has 2 aromatic rings. The highest BCUT2D eigenvalue weighted by atomic mass is 16.2. The zero-order chi connectivity index (χ0) is 14.5. The van der Waals surface area contributed by atoms with Gasteiger partial charge in [0, 0.05) is 25.2 Å². The fraction of sp³-hybridized carbons (Fsp3) is 0.235. The number of hydrogen-bond acceptors (Lipinski definition) is 2. The summed E-state index contributed by atoms with van der Waals surface area (Å²) in [6, 6.07) is 18.0. The number of carbonyl (C=O) groups excluding carboxylic acids is 1. The Hall–Kier alpha value is -2.13.